The van der Waals surface area contributed by atoms with Gasteiger partial charge in [-0.15, -0.1) is 0 Å². The summed E-state index contributed by atoms with van der Waals surface area (Å²) in [6, 6.07) is 0. The Hall–Kier alpha value is -1.06. The zero-order valence-electron chi connectivity index (χ0n) is 6.59. The summed E-state index contributed by atoms with van der Waals surface area (Å²) in [5, 5.41) is 2.70. The maximum absolute atomic E-state index is 10.9. The minimum Gasteiger partial charge on any atom is -0.354 e. The molecule has 1 aliphatic rings. The van der Waals surface area contributed by atoms with Crippen LogP contribution >= 0.6 is 0 Å². The first kappa shape index (κ1) is 8.04. The molecule has 4 nitrogen and oxygen atoms in total. The van der Waals surface area contributed by atoms with Crippen LogP contribution in [0.4, 0.5) is 0 Å². The molecule has 1 N–H and O–H groups in total. The largest absolute Gasteiger partial charge is 0.354 e. The highest BCUT2D eigenvalue weighted by atomic mass is 16.2. The average Bonchev–Trinajstić information content (AvgIpc) is 2.13. The molecule has 0 spiro atoms. The van der Waals surface area contributed by atoms with Gasteiger partial charge in [0.2, 0.25) is 11.8 Å². The van der Waals surface area contributed by atoms with E-state index in [9.17, 15) is 9.59 Å². The molecule has 0 unspecified atom stereocenters. The fraction of sp³-hybridized carbons (Fsp3) is 0.714. The molecule has 0 saturated carbocycles. The van der Waals surface area contributed by atoms with Crippen molar-refractivity contribution in [3.63, 3.8) is 0 Å². The maximum Gasteiger partial charge on any atom is 0.239 e. The molecule has 0 aromatic carbocycles. The SMILES string of the molecule is CC(=O)N1CCCNC(=O)C1. The number of nitrogens with one attached hydrogen (secondary N) is 1. The van der Waals surface area contributed by atoms with Gasteiger partial charge in [0.25, 0.3) is 0 Å². The highest BCUT2D eigenvalue weighted by Crippen LogP contribution is 1.95. The normalized spacial score (nSPS) is 19.0. The van der Waals surface area contributed by atoms with Crippen molar-refractivity contribution in [3.8, 4) is 0 Å². The Kier molecular flexibility index (Phi) is 2.46. The van der Waals surface area contributed by atoms with Crippen molar-refractivity contribution in [1.29, 1.82) is 0 Å². The van der Waals surface area contributed by atoms with Crippen LogP contribution in [0, 0.1) is 0 Å². The summed E-state index contributed by atoms with van der Waals surface area (Å²) >= 11 is 0. The maximum atomic E-state index is 10.9. The van der Waals surface area contributed by atoms with Crippen molar-refractivity contribution >= 4 is 11.8 Å². The van der Waals surface area contributed by atoms with Crippen LogP contribution in [0.3, 0.4) is 0 Å². The van der Waals surface area contributed by atoms with E-state index in [4.69, 9.17) is 0 Å². The highest BCUT2D eigenvalue weighted by Gasteiger charge is 2.15. The molecule has 0 aromatic rings. The number of hydrogen-bond acceptors (Lipinski definition) is 2. The molecule has 4 heteroatoms. The number of nitrogens with zero attached hydrogens (tertiary/aromatic N) is 1. The fourth-order valence-electron chi connectivity index (χ4n) is 1.07. The third kappa shape index (κ3) is 2.22. The molecule has 2 amide bonds. The van der Waals surface area contributed by atoms with Gasteiger partial charge in [0.15, 0.2) is 0 Å². The Bertz CT molecular complexity index is 179. The molecule has 0 radical (unpaired) electrons. The third-order valence-corrected chi connectivity index (χ3v) is 1.71. The smallest absolute Gasteiger partial charge is 0.239 e. The van der Waals surface area contributed by atoms with Crippen LogP contribution in [0.1, 0.15) is 13.3 Å². The van der Waals surface area contributed by atoms with Crippen molar-refractivity contribution in [3.05, 3.63) is 0 Å². The molecular formula is C7H12N2O2. The van der Waals surface area contributed by atoms with Crippen molar-refractivity contribution in [1.82, 2.24) is 10.2 Å². The molecule has 1 fully saturated rings. The number of carbonyl (C=O) groups excluding carboxylic acids is 2. The van der Waals surface area contributed by atoms with Crippen LogP contribution in [0.2, 0.25) is 0 Å². The lowest BCUT2D eigenvalue weighted by Gasteiger charge is -2.15. The van der Waals surface area contributed by atoms with E-state index in [2.05, 4.69) is 5.32 Å². The Balaban J connectivity index is 2.52. The third-order valence-electron chi connectivity index (χ3n) is 1.71. The summed E-state index contributed by atoms with van der Waals surface area (Å²) in [5.74, 6) is -0.0836. The van der Waals surface area contributed by atoms with Crippen LogP contribution in [0.15, 0.2) is 0 Å². The van der Waals surface area contributed by atoms with Gasteiger partial charge < -0.3 is 10.2 Å². The Morgan fingerprint density at radius 2 is 2.36 bits per heavy atom. The number of carbonyl (C=O) groups is 2. The van der Waals surface area contributed by atoms with Gasteiger partial charge in [-0.2, -0.15) is 0 Å². The lowest BCUT2D eigenvalue weighted by Crippen LogP contribution is -2.35. The van der Waals surface area contributed by atoms with Gasteiger partial charge in [-0.05, 0) is 6.42 Å². The first-order chi connectivity index (χ1) is 5.20. The molecule has 1 saturated heterocycles. The molecule has 62 valence electrons. The average molecular weight is 156 g/mol. The van der Waals surface area contributed by atoms with E-state index in [-0.39, 0.29) is 18.4 Å². The Labute approximate surface area is 65.6 Å². The lowest BCUT2D eigenvalue weighted by atomic mass is 10.4. The number of amides is 2. The van der Waals surface area contributed by atoms with Crippen LogP contribution in [0.25, 0.3) is 0 Å². The van der Waals surface area contributed by atoms with E-state index in [1.165, 1.54) is 6.92 Å². The van der Waals surface area contributed by atoms with Crippen LogP contribution in [-0.4, -0.2) is 36.3 Å². The highest BCUT2D eigenvalue weighted by molar-refractivity contribution is 5.84. The zero-order chi connectivity index (χ0) is 8.27. The second-order valence-electron chi connectivity index (χ2n) is 2.64. The molecule has 0 atom stereocenters. The summed E-state index contributed by atoms with van der Waals surface area (Å²) in [5.41, 5.74) is 0. The van der Waals surface area contributed by atoms with Crippen LogP contribution in [-0.2, 0) is 9.59 Å². The second kappa shape index (κ2) is 3.37. The molecule has 1 rings (SSSR count). The first-order valence-corrected chi connectivity index (χ1v) is 3.72. The van der Waals surface area contributed by atoms with Crippen molar-refractivity contribution in [2.75, 3.05) is 19.6 Å². The predicted octanol–water partition coefficient (Wildman–Crippen LogP) is -0.645. The number of rotatable bonds is 0. The van der Waals surface area contributed by atoms with E-state index in [1.807, 2.05) is 0 Å². The van der Waals surface area contributed by atoms with Gasteiger partial charge in [0, 0.05) is 20.0 Å². The van der Waals surface area contributed by atoms with Crippen molar-refractivity contribution in [2.45, 2.75) is 13.3 Å². The predicted molar refractivity (Wildman–Crippen MR) is 39.9 cm³/mol. The Morgan fingerprint density at radius 1 is 1.64 bits per heavy atom. The molecule has 0 aromatic heterocycles. The van der Waals surface area contributed by atoms with Crippen LogP contribution in [0.5, 0.6) is 0 Å². The topological polar surface area (TPSA) is 49.4 Å². The monoisotopic (exact) mass is 156 g/mol. The summed E-state index contributed by atoms with van der Waals surface area (Å²) in [4.78, 5) is 23.3. The van der Waals surface area contributed by atoms with Crippen molar-refractivity contribution in [2.24, 2.45) is 0 Å². The minimum absolute atomic E-state index is 0.0259. The lowest BCUT2D eigenvalue weighted by molar-refractivity contribution is -0.133. The molecular weight excluding hydrogens is 144 g/mol. The molecule has 0 aliphatic carbocycles. The molecule has 0 bridgehead atoms. The standard InChI is InChI=1S/C7H12N2O2/c1-6(10)9-4-2-3-8-7(11)5-9/h2-5H2,1H3,(H,8,11). The summed E-state index contributed by atoms with van der Waals surface area (Å²) in [6.45, 7) is 3.07. The second-order valence-corrected chi connectivity index (χ2v) is 2.64. The van der Waals surface area contributed by atoms with Gasteiger partial charge in [-0.3, -0.25) is 9.59 Å². The van der Waals surface area contributed by atoms with E-state index in [0.29, 0.717) is 13.1 Å². The summed E-state index contributed by atoms with van der Waals surface area (Å²) < 4.78 is 0. The quantitative estimate of drug-likeness (QED) is 0.507. The van der Waals surface area contributed by atoms with E-state index in [0.717, 1.165) is 6.42 Å². The van der Waals surface area contributed by atoms with E-state index < -0.39 is 0 Å². The van der Waals surface area contributed by atoms with Gasteiger partial charge in [0.05, 0.1) is 6.54 Å². The summed E-state index contributed by atoms with van der Waals surface area (Å²) in [7, 11) is 0. The van der Waals surface area contributed by atoms with E-state index >= 15 is 0 Å². The van der Waals surface area contributed by atoms with Crippen LogP contribution < -0.4 is 5.32 Å². The molecule has 1 heterocycles. The summed E-state index contributed by atoms with van der Waals surface area (Å²) in [6.07, 6.45) is 0.852. The minimum atomic E-state index is -0.0577. The molecule has 1 aliphatic heterocycles. The van der Waals surface area contributed by atoms with Gasteiger partial charge in [-0.1, -0.05) is 0 Å². The van der Waals surface area contributed by atoms with Gasteiger partial charge >= 0.3 is 0 Å². The fourth-order valence-corrected chi connectivity index (χ4v) is 1.07. The molecule has 11 heavy (non-hydrogen) atoms. The first-order valence-electron chi connectivity index (χ1n) is 3.72. The van der Waals surface area contributed by atoms with Gasteiger partial charge in [-0.25, -0.2) is 0 Å². The zero-order valence-corrected chi connectivity index (χ0v) is 6.59. The Morgan fingerprint density at radius 3 is 3.00 bits per heavy atom. The van der Waals surface area contributed by atoms with Gasteiger partial charge in [0.1, 0.15) is 0 Å². The van der Waals surface area contributed by atoms with E-state index in [1.54, 1.807) is 4.90 Å². The van der Waals surface area contributed by atoms with Crippen molar-refractivity contribution < 1.29 is 9.59 Å². The number of hydrogen-bond donors (Lipinski definition) is 1.